The zero-order chi connectivity index (χ0) is 20.6. The highest BCUT2D eigenvalue weighted by atomic mass is 16.6. The van der Waals surface area contributed by atoms with Gasteiger partial charge in [-0.05, 0) is 37.8 Å². The van der Waals surface area contributed by atoms with E-state index in [0.717, 1.165) is 23.3 Å². The zero-order valence-corrected chi connectivity index (χ0v) is 15.6. The summed E-state index contributed by atoms with van der Waals surface area (Å²) in [6.07, 6.45) is 3.01. The fraction of sp³-hybridized carbons (Fsp3) is 0.444. The molecule has 1 heterocycles. The first-order chi connectivity index (χ1) is 13.2. The van der Waals surface area contributed by atoms with Gasteiger partial charge < -0.3 is 5.32 Å². The maximum absolute atomic E-state index is 12.5. The van der Waals surface area contributed by atoms with Gasteiger partial charge in [0.1, 0.15) is 12.2 Å². The van der Waals surface area contributed by atoms with Crippen molar-refractivity contribution in [2.45, 2.75) is 45.6 Å². The van der Waals surface area contributed by atoms with Crippen molar-refractivity contribution in [1.29, 1.82) is 0 Å². The number of urea groups is 1. The van der Waals surface area contributed by atoms with Gasteiger partial charge in [0.25, 0.3) is 5.69 Å². The summed E-state index contributed by atoms with van der Waals surface area (Å²) < 4.78 is 0. The largest absolute Gasteiger partial charge is 0.334 e. The van der Waals surface area contributed by atoms with Crippen molar-refractivity contribution in [2.75, 3.05) is 11.9 Å². The van der Waals surface area contributed by atoms with Crippen LogP contribution in [0.2, 0.25) is 0 Å². The number of aryl methyl sites for hydroxylation is 1. The molecule has 1 saturated heterocycles. The third kappa shape index (κ3) is 3.32. The Kier molecular flexibility index (Phi) is 5.12. The van der Waals surface area contributed by atoms with E-state index in [2.05, 4.69) is 5.32 Å². The molecular weight excluding hydrogens is 368 g/mol. The fourth-order valence-electron chi connectivity index (χ4n) is 3.58. The summed E-state index contributed by atoms with van der Waals surface area (Å²) in [4.78, 5) is 61.5. The highest BCUT2D eigenvalue weighted by molar-refractivity contribution is 6.45. The molecule has 10 heteroatoms. The van der Waals surface area contributed by atoms with Crippen molar-refractivity contribution in [2.24, 2.45) is 0 Å². The number of benzene rings is 1. The summed E-state index contributed by atoms with van der Waals surface area (Å²) in [6.45, 7) is 2.67. The molecule has 1 aromatic rings. The number of imide groups is 2. The minimum atomic E-state index is -1.05. The van der Waals surface area contributed by atoms with Gasteiger partial charge in [-0.25, -0.2) is 9.69 Å². The molecule has 1 aromatic carbocycles. The van der Waals surface area contributed by atoms with E-state index in [1.54, 1.807) is 19.9 Å². The lowest BCUT2D eigenvalue weighted by Gasteiger charge is -2.21. The molecule has 0 bridgehead atoms. The van der Waals surface area contributed by atoms with Gasteiger partial charge in [0.2, 0.25) is 5.91 Å². The second-order valence-corrected chi connectivity index (χ2v) is 6.99. The Morgan fingerprint density at radius 2 is 1.82 bits per heavy atom. The zero-order valence-electron chi connectivity index (χ0n) is 15.6. The van der Waals surface area contributed by atoms with Crippen LogP contribution >= 0.6 is 0 Å². The standard InChI is InChI=1S/C18H20N4O6/c1-10-7-8-13(22(27)28)15(11(10)2)19-14(23)9-20-16(24)17(25)21(18(20)26)12-5-3-4-6-12/h7-8,12H,3-6,9H2,1-2H3,(H,19,23). The quantitative estimate of drug-likeness (QED) is 0.355. The maximum atomic E-state index is 12.5. The van der Waals surface area contributed by atoms with E-state index < -0.39 is 35.2 Å². The molecule has 0 unspecified atom stereocenters. The molecule has 0 atom stereocenters. The Balaban J connectivity index is 1.78. The molecule has 0 radical (unpaired) electrons. The van der Waals surface area contributed by atoms with Crippen LogP contribution in [0, 0.1) is 24.0 Å². The minimum Gasteiger partial charge on any atom is -0.319 e. The van der Waals surface area contributed by atoms with Crippen molar-refractivity contribution in [1.82, 2.24) is 9.80 Å². The Hall–Kier alpha value is -3.30. The van der Waals surface area contributed by atoms with Crippen LogP contribution in [0.1, 0.15) is 36.8 Å². The van der Waals surface area contributed by atoms with Gasteiger partial charge in [-0.15, -0.1) is 0 Å². The second kappa shape index (κ2) is 7.37. The molecule has 0 spiro atoms. The molecule has 3 rings (SSSR count). The average molecular weight is 388 g/mol. The molecule has 0 aromatic heterocycles. The second-order valence-electron chi connectivity index (χ2n) is 6.99. The number of hydrogen-bond donors (Lipinski definition) is 1. The van der Waals surface area contributed by atoms with E-state index in [1.165, 1.54) is 6.07 Å². The predicted molar refractivity (Wildman–Crippen MR) is 97.4 cm³/mol. The topological polar surface area (TPSA) is 130 Å². The molecule has 28 heavy (non-hydrogen) atoms. The SMILES string of the molecule is Cc1ccc([N+](=O)[O-])c(NC(=O)CN2C(=O)C(=O)N(C3CCCC3)C2=O)c1C. The smallest absolute Gasteiger partial charge is 0.319 e. The number of carbonyl (C=O) groups is 4. The van der Waals surface area contributed by atoms with Gasteiger partial charge in [0.15, 0.2) is 0 Å². The number of anilines is 1. The lowest BCUT2D eigenvalue weighted by molar-refractivity contribution is -0.384. The normalized spacial score (nSPS) is 17.6. The third-order valence-corrected chi connectivity index (χ3v) is 5.25. The molecule has 2 fully saturated rings. The fourth-order valence-corrected chi connectivity index (χ4v) is 3.58. The first-order valence-corrected chi connectivity index (χ1v) is 8.95. The van der Waals surface area contributed by atoms with Gasteiger partial charge in [-0.1, -0.05) is 18.9 Å². The van der Waals surface area contributed by atoms with E-state index >= 15 is 0 Å². The van der Waals surface area contributed by atoms with Crippen LogP contribution < -0.4 is 5.32 Å². The van der Waals surface area contributed by atoms with E-state index in [4.69, 9.17) is 0 Å². The van der Waals surface area contributed by atoms with E-state index in [-0.39, 0.29) is 17.4 Å². The number of carbonyl (C=O) groups excluding carboxylic acids is 4. The number of hydrogen-bond acceptors (Lipinski definition) is 6. The first-order valence-electron chi connectivity index (χ1n) is 8.95. The van der Waals surface area contributed by atoms with Crippen LogP contribution in [0.3, 0.4) is 0 Å². The van der Waals surface area contributed by atoms with Crippen LogP contribution in [0.15, 0.2) is 12.1 Å². The van der Waals surface area contributed by atoms with Crippen LogP contribution in [0.5, 0.6) is 0 Å². The molecule has 1 aliphatic heterocycles. The molecule has 2 aliphatic rings. The van der Waals surface area contributed by atoms with Crippen molar-refractivity contribution < 1.29 is 24.1 Å². The Morgan fingerprint density at radius 1 is 1.18 bits per heavy atom. The summed E-state index contributed by atoms with van der Waals surface area (Å²) >= 11 is 0. The predicted octanol–water partition coefficient (Wildman–Crippen LogP) is 1.88. The van der Waals surface area contributed by atoms with Crippen molar-refractivity contribution in [3.05, 3.63) is 33.4 Å². The first kappa shape index (κ1) is 19.5. The number of amides is 5. The van der Waals surface area contributed by atoms with Crippen LogP contribution in [-0.4, -0.2) is 51.1 Å². The van der Waals surface area contributed by atoms with Crippen LogP contribution in [-0.2, 0) is 14.4 Å². The summed E-state index contributed by atoms with van der Waals surface area (Å²) in [5, 5.41) is 13.6. The van der Waals surface area contributed by atoms with Crippen LogP contribution in [0.25, 0.3) is 0 Å². The van der Waals surface area contributed by atoms with Gasteiger partial charge in [-0.2, -0.15) is 0 Å². The number of nitro groups is 1. The lowest BCUT2D eigenvalue weighted by Crippen LogP contribution is -2.41. The van der Waals surface area contributed by atoms with Crippen LogP contribution in [0.4, 0.5) is 16.2 Å². The molecule has 1 N–H and O–H groups in total. The van der Waals surface area contributed by atoms with E-state index in [1.807, 2.05) is 0 Å². The molecule has 1 saturated carbocycles. The van der Waals surface area contributed by atoms with E-state index in [9.17, 15) is 29.3 Å². The molecule has 5 amide bonds. The van der Waals surface area contributed by atoms with Crippen molar-refractivity contribution >= 4 is 35.1 Å². The maximum Gasteiger partial charge on any atom is 0.334 e. The molecule has 10 nitrogen and oxygen atoms in total. The highest BCUT2D eigenvalue weighted by Gasteiger charge is 2.48. The van der Waals surface area contributed by atoms with Gasteiger partial charge in [0, 0.05) is 12.1 Å². The van der Waals surface area contributed by atoms with E-state index in [0.29, 0.717) is 23.3 Å². The highest BCUT2D eigenvalue weighted by Crippen LogP contribution is 2.31. The Labute approximate surface area is 160 Å². The third-order valence-electron chi connectivity index (χ3n) is 5.25. The summed E-state index contributed by atoms with van der Waals surface area (Å²) in [5.74, 6) is -2.77. The van der Waals surface area contributed by atoms with Crippen molar-refractivity contribution in [3.63, 3.8) is 0 Å². The molecule has 1 aliphatic carbocycles. The minimum absolute atomic E-state index is 0.00747. The Morgan fingerprint density at radius 3 is 2.43 bits per heavy atom. The number of nitrogens with zero attached hydrogens (tertiary/aromatic N) is 3. The lowest BCUT2D eigenvalue weighted by atomic mass is 10.1. The Bertz CT molecular complexity index is 890. The van der Waals surface area contributed by atoms with Gasteiger partial charge >= 0.3 is 17.8 Å². The summed E-state index contributed by atoms with van der Waals surface area (Å²) in [7, 11) is 0. The molecule has 148 valence electrons. The monoisotopic (exact) mass is 388 g/mol. The number of nitrogens with one attached hydrogen (secondary N) is 1. The van der Waals surface area contributed by atoms with Gasteiger partial charge in [0.05, 0.1) is 4.92 Å². The van der Waals surface area contributed by atoms with Gasteiger partial charge in [-0.3, -0.25) is 29.4 Å². The number of nitro benzene ring substituents is 1. The summed E-state index contributed by atoms with van der Waals surface area (Å²) in [5.41, 5.74) is 0.953. The van der Waals surface area contributed by atoms with Crippen molar-refractivity contribution in [3.8, 4) is 0 Å². The summed E-state index contributed by atoms with van der Waals surface area (Å²) in [6, 6.07) is 1.70. The average Bonchev–Trinajstić information content (AvgIpc) is 3.22. The number of rotatable bonds is 5. The molecular formula is C18H20N4O6.